The second-order valence-corrected chi connectivity index (χ2v) is 2.11. The first-order chi connectivity index (χ1) is 4.22. The van der Waals surface area contributed by atoms with Gasteiger partial charge in [0.2, 0.25) is 0 Å². The van der Waals surface area contributed by atoms with Crippen molar-refractivity contribution in [3.8, 4) is 0 Å². The molecule has 1 aliphatic heterocycles. The first kappa shape index (κ1) is 6.95. The van der Waals surface area contributed by atoms with Crippen LogP contribution < -0.4 is 0 Å². The molecule has 0 amide bonds. The first-order valence-electron chi connectivity index (χ1n) is 2.87. The SMILES string of the molecule is OC1OCC[C@H](O)[C@H]1O. The molecule has 1 fully saturated rings. The van der Waals surface area contributed by atoms with E-state index < -0.39 is 18.5 Å². The van der Waals surface area contributed by atoms with Gasteiger partial charge >= 0.3 is 0 Å². The van der Waals surface area contributed by atoms with Crippen LogP contribution in [0.5, 0.6) is 0 Å². The van der Waals surface area contributed by atoms with Crippen molar-refractivity contribution < 1.29 is 20.1 Å². The lowest BCUT2D eigenvalue weighted by Crippen LogP contribution is -2.44. The number of ether oxygens (including phenoxy) is 1. The smallest absolute Gasteiger partial charge is 0.183 e. The molecule has 3 N–H and O–H groups in total. The maximum absolute atomic E-state index is 8.86. The zero-order chi connectivity index (χ0) is 6.85. The lowest BCUT2D eigenvalue weighted by atomic mass is 10.1. The van der Waals surface area contributed by atoms with E-state index in [-0.39, 0.29) is 0 Å². The maximum atomic E-state index is 8.86. The largest absolute Gasteiger partial charge is 0.390 e. The van der Waals surface area contributed by atoms with Crippen molar-refractivity contribution >= 4 is 0 Å². The van der Waals surface area contributed by atoms with Crippen LogP contribution >= 0.6 is 0 Å². The quantitative estimate of drug-likeness (QED) is 0.375. The zero-order valence-electron chi connectivity index (χ0n) is 4.90. The Morgan fingerprint density at radius 1 is 1.22 bits per heavy atom. The molecule has 1 saturated heterocycles. The van der Waals surface area contributed by atoms with Gasteiger partial charge in [0.25, 0.3) is 0 Å². The van der Waals surface area contributed by atoms with E-state index in [1.165, 1.54) is 0 Å². The highest BCUT2D eigenvalue weighted by atomic mass is 16.6. The third-order valence-corrected chi connectivity index (χ3v) is 1.39. The van der Waals surface area contributed by atoms with Crippen LogP contribution in [0.15, 0.2) is 0 Å². The van der Waals surface area contributed by atoms with Crippen molar-refractivity contribution in [1.29, 1.82) is 0 Å². The molecule has 1 heterocycles. The molecule has 0 spiro atoms. The molecule has 0 saturated carbocycles. The second kappa shape index (κ2) is 2.62. The van der Waals surface area contributed by atoms with E-state index in [2.05, 4.69) is 4.74 Å². The molecular weight excluding hydrogens is 124 g/mol. The summed E-state index contributed by atoms with van der Waals surface area (Å²) in [5.74, 6) is 0. The van der Waals surface area contributed by atoms with Crippen LogP contribution in [-0.4, -0.2) is 40.4 Å². The van der Waals surface area contributed by atoms with Gasteiger partial charge in [0.15, 0.2) is 6.29 Å². The molecule has 3 atom stereocenters. The molecular formula is C5H10O4. The molecule has 9 heavy (non-hydrogen) atoms. The minimum Gasteiger partial charge on any atom is -0.390 e. The highest BCUT2D eigenvalue weighted by Crippen LogP contribution is 2.11. The van der Waals surface area contributed by atoms with Crippen LogP contribution in [-0.2, 0) is 4.74 Å². The third kappa shape index (κ3) is 1.40. The van der Waals surface area contributed by atoms with E-state index in [1.807, 2.05) is 0 Å². The Hall–Kier alpha value is -0.160. The van der Waals surface area contributed by atoms with Gasteiger partial charge in [-0.3, -0.25) is 0 Å². The van der Waals surface area contributed by atoms with Gasteiger partial charge in [-0.15, -0.1) is 0 Å². The molecule has 0 aromatic rings. The molecule has 54 valence electrons. The van der Waals surface area contributed by atoms with Crippen LogP contribution in [0.2, 0.25) is 0 Å². The van der Waals surface area contributed by atoms with Crippen LogP contribution in [0, 0.1) is 0 Å². The Labute approximate surface area is 52.7 Å². The summed E-state index contributed by atoms with van der Waals surface area (Å²) in [7, 11) is 0. The predicted molar refractivity (Wildman–Crippen MR) is 28.6 cm³/mol. The summed E-state index contributed by atoms with van der Waals surface area (Å²) < 4.78 is 4.61. The van der Waals surface area contributed by atoms with Crippen molar-refractivity contribution in [3.05, 3.63) is 0 Å². The molecule has 1 unspecified atom stereocenters. The highest BCUT2D eigenvalue weighted by molar-refractivity contribution is 4.73. The molecule has 1 rings (SSSR count). The van der Waals surface area contributed by atoms with Crippen molar-refractivity contribution in [2.75, 3.05) is 6.61 Å². The first-order valence-corrected chi connectivity index (χ1v) is 2.87. The molecule has 0 aromatic heterocycles. The van der Waals surface area contributed by atoms with Crippen LogP contribution in [0.25, 0.3) is 0 Å². The Kier molecular flexibility index (Phi) is 2.02. The summed E-state index contributed by atoms with van der Waals surface area (Å²) in [4.78, 5) is 0. The van der Waals surface area contributed by atoms with Gasteiger partial charge in [-0.05, 0) is 6.42 Å². The predicted octanol–water partition coefficient (Wildman–Crippen LogP) is -1.55. The van der Waals surface area contributed by atoms with Gasteiger partial charge in [-0.25, -0.2) is 0 Å². The van der Waals surface area contributed by atoms with Crippen LogP contribution in [0.3, 0.4) is 0 Å². The summed E-state index contributed by atoms with van der Waals surface area (Å²) >= 11 is 0. The molecule has 1 aliphatic rings. The molecule has 4 heteroatoms. The maximum Gasteiger partial charge on any atom is 0.183 e. The molecule has 0 bridgehead atoms. The minimum absolute atomic E-state index is 0.305. The number of hydrogen-bond donors (Lipinski definition) is 3. The van der Waals surface area contributed by atoms with E-state index in [9.17, 15) is 0 Å². The Morgan fingerprint density at radius 3 is 2.33 bits per heavy atom. The van der Waals surface area contributed by atoms with Crippen molar-refractivity contribution in [1.82, 2.24) is 0 Å². The van der Waals surface area contributed by atoms with Gasteiger partial charge in [-0.2, -0.15) is 0 Å². The van der Waals surface area contributed by atoms with Gasteiger partial charge in [0.05, 0.1) is 12.7 Å². The topological polar surface area (TPSA) is 69.9 Å². The standard InChI is InChI=1S/C5H10O4/c6-3-1-2-9-5(8)4(3)7/h3-8H,1-2H2/t3-,4+,5?/m0/s1. The minimum atomic E-state index is -1.21. The second-order valence-electron chi connectivity index (χ2n) is 2.11. The normalized spacial score (nSPS) is 45.0. The van der Waals surface area contributed by atoms with Gasteiger partial charge < -0.3 is 20.1 Å². The summed E-state index contributed by atoms with van der Waals surface area (Å²) in [5.41, 5.74) is 0. The third-order valence-electron chi connectivity index (χ3n) is 1.39. The van der Waals surface area contributed by atoms with Gasteiger partial charge in [0, 0.05) is 0 Å². The highest BCUT2D eigenvalue weighted by Gasteiger charge is 2.29. The summed E-state index contributed by atoms with van der Waals surface area (Å²) in [6, 6.07) is 0. The molecule has 0 radical (unpaired) electrons. The fourth-order valence-electron chi connectivity index (χ4n) is 0.769. The summed E-state index contributed by atoms with van der Waals surface area (Å²) in [6.45, 7) is 0.305. The van der Waals surface area contributed by atoms with Crippen molar-refractivity contribution in [2.45, 2.75) is 24.9 Å². The lowest BCUT2D eigenvalue weighted by Gasteiger charge is -2.27. The Morgan fingerprint density at radius 2 is 1.89 bits per heavy atom. The van der Waals surface area contributed by atoms with E-state index in [4.69, 9.17) is 15.3 Å². The number of aliphatic hydroxyl groups excluding tert-OH is 3. The van der Waals surface area contributed by atoms with Gasteiger partial charge in [0.1, 0.15) is 6.10 Å². The number of hydrogen-bond acceptors (Lipinski definition) is 4. The summed E-state index contributed by atoms with van der Waals surface area (Å²) in [6.07, 6.45) is -2.81. The van der Waals surface area contributed by atoms with Crippen molar-refractivity contribution in [2.24, 2.45) is 0 Å². The van der Waals surface area contributed by atoms with E-state index in [0.29, 0.717) is 13.0 Å². The molecule has 0 aromatic carbocycles. The molecule has 4 nitrogen and oxygen atoms in total. The lowest BCUT2D eigenvalue weighted by molar-refractivity contribution is -0.219. The number of rotatable bonds is 0. The number of aliphatic hydroxyl groups is 3. The monoisotopic (exact) mass is 134 g/mol. The zero-order valence-corrected chi connectivity index (χ0v) is 4.90. The summed E-state index contributed by atoms with van der Waals surface area (Å²) in [5, 5.41) is 26.4. The van der Waals surface area contributed by atoms with Crippen molar-refractivity contribution in [3.63, 3.8) is 0 Å². The average Bonchev–Trinajstić information content (AvgIpc) is 1.83. The molecule has 0 aliphatic carbocycles. The van der Waals surface area contributed by atoms with E-state index in [1.54, 1.807) is 0 Å². The van der Waals surface area contributed by atoms with E-state index >= 15 is 0 Å². The van der Waals surface area contributed by atoms with Crippen LogP contribution in [0.1, 0.15) is 6.42 Å². The Balaban J connectivity index is 2.41. The Bertz CT molecular complexity index is 85.0. The average molecular weight is 134 g/mol. The fourth-order valence-corrected chi connectivity index (χ4v) is 0.769. The van der Waals surface area contributed by atoms with Crippen LogP contribution in [0.4, 0.5) is 0 Å². The van der Waals surface area contributed by atoms with Gasteiger partial charge in [-0.1, -0.05) is 0 Å². The van der Waals surface area contributed by atoms with E-state index in [0.717, 1.165) is 0 Å². The fraction of sp³-hybridized carbons (Fsp3) is 1.00.